The molecule has 2 aliphatic rings. The van der Waals surface area contributed by atoms with Gasteiger partial charge >= 0.3 is 0 Å². The minimum absolute atomic E-state index is 0.0435. The zero-order valence-electron chi connectivity index (χ0n) is 16.3. The highest BCUT2D eigenvalue weighted by atomic mass is 16.4. The molecule has 0 radical (unpaired) electrons. The van der Waals surface area contributed by atoms with Crippen molar-refractivity contribution in [1.82, 2.24) is 25.0 Å². The molecule has 2 aromatic rings. The van der Waals surface area contributed by atoms with Gasteiger partial charge in [-0.15, -0.1) is 10.2 Å². The first-order valence-corrected chi connectivity index (χ1v) is 9.90. The van der Waals surface area contributed by atoms with Crippen molar-refractivity contribution in [3.8, 4) is 0 Å². The number of nitrogens with zero attached hydrogens (tertiary/aromatic N) is 5. The minimum Gasteiger partial charge on any atom is -0.423 e. The lowest BCUT2D eigenvalue weighted by Crippen LogP contribution is -2.42. The molecule has 1 amide bonds. The van der Waals surface area contributed by atoms with Crippen LogP contribution in [0.2, 0.25) is 0 Å². The van der Waals surface area contributed by atoms with Crippen molar-refractivity contribution in [2.24, 2.45) is 5.41 Å². The van der Waals surface area contributed by atoms with E-state index in [0.717, 1.165) is 38.9 Å². The van der Waals surface area contributed by atoms with Crippen LogP contribution in [-0.2, 0) is 11.3 Å². The van der Waals surface area contributed by atoms with E-state index < -0.39 is 0 Å². The van der Waals surface area contributed by atoms with E-state index in [9.17, 15) is 9.90 Å². The molecule has 2 saturated heterocycles. The molecule has 1 N–H and O–H groups in total. The van der Waals surface area contributed by atoms with Gasteiger partial charge in [0.25, 0.3) is 0 Å². The summed E-state index contributed by atoms with van der Waals surface area (Å²) in [7, 11) is 0. The summed E-state index contributed by atoms with van der Waals surface area (Å²) in [4.78, 5) is 21.1. The summed E-state index contributed by atoms with van der Waals surface area (Å²) in [5, 5.41) is 17.3. The van der Waals surface area contributed by atoms with Crippen LogP contribution in [0.1, 0.15) is 49.1 Å². The first-order chi connectivity index (χ1) is 13.6. The van der Waals surface area contributed by atoms with Gasteiger partial charge in [-0.3, -0.25) is 14.7 Å². The number of carbonyl (C=O) groups is 1. The van der Waals surface area contributed by atoms with Crippen molar-refractivity contribution in [3.63, 3.8) is 0 Å². The molecule has 0 aliphatic carbocycles. The van der Waals surface area contributed by atoms with E-state index >= 15 is 0 Å². The molecular formula is C20H27N5O3. The Bertz CT molecular complexity index is 801. The van der Waals surface area contributed by atoms with Crippen LogP contribution < -0.4 is 0 Å². The highest BCUT2D eigenvalue weighted by Crippen LogP contribution is 2.49. The van der Waals surface area contributed by atoms with Crippen LogP contribution in [0.3, 0.4) is 0 Å². The maximum atomic E-state index is 12.6. The van der Waals surface area contributed by atoms with E-state index in [4.69, 9.17) is 4.42 Å². The van der Waals surface area contributed by atoms with Crippen LogP contribution >= 0.6 is 0 Å². The maximum absolute atomic E-state index is 12.6. The van der Waals surface area contributed by atoms with Gasteiger partial charge in [-0.05, 0) is 49.4 Å². The van der Waals surface area contributed by atoms with E-state index in [0.29, 0.717) is 18.3 Å². The fraction of sp³-hybridized carbons (Fsp3) is 0.600. The first kappa shape index (κ1) is 19.0. The lowest BCUT2D eigenvalue weighted by Gasteiger charge is -2.39. The largest absolute Gasteiger partial charge is 0.423 e. The maximum Gasteiger partial charge on any atom is 0.238 e. The Labute approximate surface area is 164 Å². The van der Waals surface area contributed by atoms with E-state index in [-0.39, 0.29) is 30.4 Å². The molecule has 150 valence electrons. The summed E-state index contributed by atoms with van der Waals surface area (Å²) in [5.74, 6) is 0.980. The Morgan fingerprint density at radius 2 is 2.18 bits per heavy atom. The molecule has 0 saturated carbocycles. The molecule has 2 aliphatic heterocycles. The normalized spacial score (nSPS) is 22.1. The quantitative estimate of drug-likeness (QED) is 0.837. The SMILES string of the molecule is Cc1nnc(C2CC3(CCN(Cc4cccnc4)CC3)CN2C(=O)CCO)o1. The molecule has 8 nitrogen and oxygen atoms in total. The number of carbonyl (C=O) groups excluding carboxylic acids is 1. The third kappa shape index (κ3) is 3.93. The van der Waals surface area contributed by atoms with Gasteiger partial charge in [-0.1, -0.05) is 6.07 Å². The molecule has 2 fully saturated rings. The van der Waals surface area contributed by atoms with Crippen LogP contribution in [0.25, 0.3) is 0 Å². The van der Waals surface area contributed by atoms with Crippen molar-refractivity contribution in [1.29, 1.82) is 0 Å². The number of piperidine rings is 1. The molecular weight excluding hydrogens is 358 g/mol. The van der Waals surface area contributed by atoms with Crippen LogP contribution in [0.15, 0.2) is 28.9 Å². The van der Waals surface area contributed by atoms with Gasteiger partial charge in [0, 0.05) is 38.8 Å². The van der Waals surface area contributed by atoms with Gasteiger partial charge in [-0.25, -0.2) is 0 Å². The molecule has 2 aromatic heterocycles. The van der Waals surface area contributed by atoms with Gasteiger partial charge in [0.05, 0.1) is 6.61 Å². The van der Waals surface area contributed by atoms with Crippen LogP contribution in [0, 0.1) is 12.3 Å². The van der Waals surface area contributed by atoms with Gasteiger partial charge in [0.2, 0.25) is 17.7 Å². The highest BCUT2D eigenvalue weighted by Gasteiger charge is 2.49. The average molecular weight is 385 g/mol. The molecule has 8 heteroatoms. The lowest BCUT2D eigenvalue weighted by molar-refractivity contribution is -0.133. The van der Waals surface area contributed by atoms with E-state index in [1.807, 2.05) is 17.2 Å². The Morgan fingerprint density at radius 3 is 2.82 bits per heavy atom. The summed E-state index contributed by atoms with van der Waals surface area (Å²) >= 11 is 0. The van der Waals surface area contributed by atoms with Gasteiger partial charge in [-0.2, -0.15) is 0 Å². The van der Waals surface area contributed by atoms with E-state index in [1.165, 1.54) is 5.56 Å². The summed E-state index contributed by atoms with van der Waals surface area (Å²) in [6.07, 6.45) is 6.74. The lowest BCUT2D eigenvalue weighted by atomic mass is 9.76. The summed E-state index contributed by atoms with van der Waals surface area (Å²) in [6.45, 7) is 5.20. The number of aryl methyl sites for hydroxylation is 1. The predicted octanol–water partition coefficient (Wildman–Crippen LogP) is 1.71. The first-order valence-electron chi connectivity index (χ1n) is 9.90. The second kappa shape index (κ2) is 7.97. The molecule has 0 bridgehead atoms. The summed E-state index contributed by atoms with van der Waals surface area (Å²) in [5.41, 5.74) is 1.30. The fourth-order valence-electron chi connectivity index (χ4n) is 4.52. The van der Waals surface area contributed by atoms with Crippen LogP contribution in [-0.4, -0.2) is 62.2 Å². The third-order valence-electron chi connectivity index (χ3n) is 6.03. The van der Waals surface area contributed by atoms with E-state index in [1.54, 1.807) is 13.1 Å². The highest BCUT2D eigenvalue weighted by molar-refractivity contribution is 5.77. The number of aromatic nitrogens is 3. The topological polar surface area (TPSA) is 95.6 Å². The molecule has 4 rings (SSSR count). The van der Waals surface area contributed by atoms with Crippen LogP contribution in [0.5, 0.6) is 0 Å². The van der Waals surface area contributed by atoms with Crippen molar-refractivity contribution in [2.75, 3.05) is 26.2 Å². The zero-order chi connectivity index (χ0) is 19.6. The molecule has 4 heterocycles. The molecule has 0 aromatic carbocycles. The zero-order valence-corrected chi connectivity index (χ0v) is 16.3. The predicted molar refractivity (Wildman–Crippen MR) is 101 cm³/mol. The number of aliphatic hydroxyl groups is 1. The number of rotatable bonds is 5. The number of amides is 1. The third-order valence-corrected chi connectivity index (χ3v) is 6.03. The second-order valence-electron chi connectivity index (χ2n) is 8.01. The number of pyridine rings is 1. The molecule has 1 unspecified atom stereocenters. The number of aliphatic hydroxyl groups excluding tert-OH is 1. The minimum atomic E-state index is -0.190. The second-order valence-corrected chi connectivity index (χ2v) is 8.01. The van der Waals surface area contributed by atoms with Crippen molar-refractivity contribution >= 4 is 5.91 Å². The average Bonchev–Trinajstić information content (AvgIpc) is 3.29. The Hall–Kier alpha value is -2.32. The molecule has 1 spiro atoms. The van der Waals surface area contributed by atoms with Crippen molar-refractivity contribution < 1.29 is 14.3 Å². The molecule has 28 heavy (non-hydrogen) atoms. The van der Waals surface area contributed by atoms with Crippen molar-refractivity contribution in [2.45, 2.75) is 45.2 Å². The van der Waals surface area contributed by atoms with E-state index in [2.05, 4.69) is 26.1 Å². The van der Waals surface area contributed by atoms with Crippen molar-refractivity contribution in [3.05, 3.63) is 41.9 Å². The number of hydrogen-bond donors (Lipinski definition) is 1. The Balaban J connectivity index is 1.45. The monoisotopic (exact) mass is 385 g/mol. The Morgan fingerprint density at radius 1 is 1.36 bits per heavy atom. The van der Waals surface area contributed by atoms with Crippen LogP contribution in [0.4, 0.5) is 0 Å². The molecule has 1 atom stereocenters. The summed E-state index contributed by atoms with van der Waals surface area (Å²) < 4.78 is 5.66. The fourth-order valence-corrected chi connectivity index (χ4v) is 4.52. The van der Waals surface area contributed by atoms with Gasteiger partial charge in [0.1, 0.15) is 6.04 Å². The van der Waals surface area contributed by atoms with Gasteiger partial charge < -0.3 is 14.4 Å². The summed E-state index contributed by atoms with van der Waals surface area (Å²) in [6, 6.07) is 3.89. The smallest absolute Gasteiger partial charge is 0.238 e. The standard InChI is InChI=1S/C20H27N5O3/c1-15-22-23-19(28-15)17-11-20(14-25(17)18(27)4-10-26)5-8-24(9-6-20)13-16-3-2-7-21-12-16/h2-3,7,12,17,26H,4-6,8-11,13-14H2,1H3. The Kier molecular flexibility index (Phi) is 5.41. The number of hydrogen-bond acceptors (Lipinski definition) is 7. The number of likely N-dealkylation sites (tertiary alicyclic amines) is 2. The van der Waals surface area contributed by atoms with Gasteiger partial charge in [0.15, 0.2) is 0 Å².